The van der Waals surface area contributed by atoms with Gasteiger partial charge in [0.05, 0.1) is 15.9 Å². The molecule has 1 radical (unpaired) electrons. The predicted octanol–water partition coefficient (Wildman–Crippen LogP) is 1.28. The van der Waals surface area contributed by atoms with Crippen LogP contribution in [0.4, 0.5) is 0 Å². The fourth-order valence-corrected chi connectivity index (χ4v) is 1.77. The summed E-state index contributed by atoms with van der Waals surface area (Å²) in [7, 11) is 0. The van der Waals surface area contributed by atoms with Crippen molar-refractivity contribution in [3.8, 4) is 11.5 Å². The molecule has 0 spiro atoms. The number of nitrogens with zero attached hydrogens (tertiary/aromatic N) is 2. The Hall–Kier alpha value is -1.75. The van der Waals surface area contributed by atoms with E-state index < -0.39 is 11.2 Å². The average molecular weight is 240 g/mol. The third-order valence-corrected chi connectivity index (χ3v) is 2.64. The zero-order chi connectivity index (χ0) is 11.9. The lowest BCUT2D eigenvalue weighted by Crippen LogP contribution is -2.12. The maximum atomic E-state index is 11.5. The normalized spacial score (nSPS) is 10.9. The molecule has 2 aromatic rings. The summed E-state index contributed by atoms with van der Waals surface area (Å²) in [6, 6.07) is 1.25. The molecule has 16 heavy (non-hydrogen) atoms. The van der Waals surface area contributed by atoms with Gasteiger partial charge in [0.2, 0.25) is 5.43 Å². The molecule has 0 aliphatic heterocycles. The lowest BCUT2D eigenvalue weighted by atomic mass is 10.2. The number of phenolic OH excluding ortho intramolecular Hbond substituents is 2. The number of halogens is 1. The molecule has 1 heterocycles. The molecule has 83 valence electrons. The van der Waals surface area contributed by atoms with Crippen LogP contribution in [0.1, 0.15) is 6.92 Å². The molecule has 0 aliphatic carbocycles. The number of aromatic nitrogens is 2. The number of fused-ring (bicyclic) bond motifs is 1. The predicted molar refractivity (Wildman–Crippen MR) is 58.9 cm³/mol. The zero-order valence-corrected chi connectivity index (χ0v) is 9.12. The van der Waals surface area contributed by atoms with Crippen LogP contribution in [0.5, 0.6) is 11.5 Å². The Labute approximate surface area is 95.5 Å². The van der Waals surface area contributed by atoms with E-state index in [-0.39, 0.29) is 16.2 Å². The largest absolute Gasteiger partial charge is 0.504 e. The van der Waals surface area contributed by atoms with Crippen molar-refractivity contribution in [2.75, 3.05) is 0 Å². The summed E-state index contributed by atoms with van der Waals surface area (Å²) in [4.78, 5) is 11.5. The summed E-state index contributed by atoms with van der Waals surface area (Å²) >= 11 is 5.79. The Morgan fingerprint density at radius 3 is 2.88 bits per heavy atom. The molecular formula is C10H8ClN2O3. The summed E-state index contributed by atoms with van der Waals surface area (Å²) in [6.45, 7) is 2.32. The van der Waals surface area contributed by atoms with E-state index in [2.05, 4.69) is 11.3 Å². The van der Waals surface area contributed by atoms with Gasteiger partial charge in [0.1, 0.15) is 0 Å². The van der Waals surface area contributed by atoms with E-state index in [1.54, 1.807) is 0 Å². The number of aryl methyl sites for hydroxylation is 1. The van der Waals surface area contributed by atoms with Crippen molar-refractivity contribution < 1.29 is 10.2 Å². The smallest absolute Gasteiger partial charge is 0.219 e. The molecule has 1 aromatic heterocycles. The number of hydrogen-bond donors (Lipinski definition) is 2. The van der Waals surface area contributed by atoms with Crippen molar-refractivity contribution >= 4 is 22.5 Å². The number of benzene rings is 1. The van der Waals surface area contributed by atoms with Crippen LogP contribution in [0, 0.1) is 6.20 Å². The first-order chi connectivity index (χ1) is 7.56. The van der Waals surface area contributed by atoms with Gasteiger partial charge in [0, 0.05) is 12.6 Å². The van der Waals surface area contributed by atoms with Crippen LogP contribution in [0.3, 0.4) is 0 Å². The van der Waals surface area contributed by atoms with Gasteiger partial charge in [-0.05, 0) is 6.92 Å². The topological polar surface area (TPSA) is 75.4 Å². The van der Waals surface area contributed by atoms with Gasteiger partial charge >= 0.3 is 0 Å². The van der Waals surface area contributed by atoms with Crippen molar-refractivity contribution in [2.45, 2.75) is 13.5 Å². The number of phenols is 2. The average Bonchev–Trinajstić information content (AvgIpc) is 2.26. The first kappa shape index (κ1) is 10.8. The van der Waals surface area contributed by atoms with E-state index in [4.69, 9.17) is 11.6 Å². The Morgan fingerprint density at radius 2 is 2.25 bits per heavy atom. The summed E-state index contributed by atoms with van der Waals surface area (Å²) in [5, 5.41) is 22.5. The van der Waals surface area contributed by atoms with Crippen molar-refractivity contribution in [1.29, 1.82) is 0 Å². The zero-order valence-electron chi connectivity index (χ0n) is 8.36. The summed E-state index contributed by atoms with van der Waals surface area (Å²) in [6.07, 6.45) is 2.26. The molecule has 6 heteroatoms. The molecule has 0 saturated carbocycles. The maximum absolute atomic E-state index is 11.5. The molecule has 0 atom stereocenters. The maximum Gasteiger partial charge on any atom is 0.219 e. The summed E-state index contributed by atoms with van der Waals surface area (Å²) in [5.41, 5.74) is -0.147. The van der Waals surface area contributed by atoms with Gasteiger partial charge in [-0.1, -0.05) is 11.6 Å². The second-order valence-corrected chi connectivity index (χ2v) is 3.59. The Morgan fingerprint density at radius 1 is 1.56 bits per heavy atom. The standard InChI is InChI=1S/C10H8ClN2O3/c1-2-13-5-3-6(14)10(16)9(11)8(5)7(15)4-12-13/h3,14,16H,2H2,1H3. The van der Waals surface area contributed by atoms with Crippen molar-refractivity contribution in [2.24, 2.45) is 0 Å². The van der Waals surface area contributed by atoms with Crippen molar-refractivity contribution in [3.63, 3.8) is 0 Å². The first-order valence-corrected chi connectivity index (χ1v) is 4.97. The highest BCUT2D eigenvalue weighted by Crippen LogP contribution is 2.37. The monoisotopic (exact) mass is 239 g/mol. The molecule has 0 amide bonds. The molecule has 2 N–H and O–H groups in total. The molecule has 0 aliphatic rings. The first-order valence-electron chi connectivity index (χ1n) is 4.59. The fourth-order valence-electron chi connectivity index (χ4n) is 1.49. The highest BCUT2D eigenvalue weighted by molar-refractivity contribution is 6.37. The van der Waals surface area contributed by atoms with Crippen LogP contribution in [-0.2, 0) is 6.54 Å². The van der Waals surface area contributed by atoms with Crippen LogP contribution >= 0.6 is 11.6 Å². The molecule has 5 nitrogen and oxygen atoms in total. The Kier molecular flexibility index (Phi) is 2.47. The van der Waals surface area contributed by atoms with E-state index in [0.717, 1.165) is 0 Å². The van der Waals surface area contributed by atoms with E-state index >= 15 is 0 Å². The summed E-state index contributed by atoms with van der Waals surface area (Å²) < 4.78 is 1.46. The Bertz CT molecular complexity index is 621. The van der Waals surface area contributed by atoms with Gasteiger partial charge < -0.3 is 10.2 Å². The third kappa shape index (κ3) is 1.40. The van der Waals surface area contributed by atoms with Gasteiger partial charge in [0.25, 0.3) is 0 Å². The molecular weight excluding hydrogens is 232 g/mol. The van der Waals surface area contributed by atoms with Crippen molar-refractivity contribution in [3.05, 3.63) is 27.5 Å². The van der Waals surface area contributed by atoms with Crippen LogP contribution in [-0.4, -0.2) is 20.0 Å². The quantitative estimate of drug-likeness (QED) is 0.735. The van der Waals surface area contributed by atoms with E-state index in [1.807, 2.05) is 6.92 Å². The fraction of sp³-hybridized carbons (Fsp3) is 0.200. The number of hydrogen-bond acceptors (Lipinski definition) is 4. The van der Waals surface area contributed by atoms with Gasteiger partial charge in [-0.2, -0.15) is 5.10 Å². The number of rotatable bonds is 1. The van der Waals surface area contributed by atoms with Gasteiger partial charge in [-0.3, -0.25) is 9.48 Å². The van der Waals surface area contributed by atoms with Crippen LogP contribution in [0.25, 0.3) is 10.9 Å². The van der Waals surface area contributed by atoms with Gasteiger partial charge in [-0.25, -0.2) is 0 Å². The van der Waals surface area contributed by atoms with Crippen LogP contribution < -0.4 is 5.43 Å². The van der Waals surface area contributed by atoms with Crippen LogP contribution in [0.2, 0.25) is 5.02 Å². The van der Waals surface area contributed by atoms with Gasteiger partial charge in [0.15, 0.2) is 17.7 Å². The van der Waals surface area contributed by atoms with E-state index in [0.29, 0.717) is 12.1 Å². The molecule has 1 aromatic carbocycles. The lowest BCUT2D eigenvalue weighted by molar-refractivity contribution is 0.404. The van der Waals surface area contributed by atoms with Crippen molar-refractivity contribution in [1.82, 2.24) is 9.78 Å². The molecule has 2 rings (SSSR count). The molecule has 0 fully saturated rings. The second-order valence-electron chi connectivity index (χ2n) is 3.21. The second kappa shape index (κ2) is 3.68. The highest BCUT2D eigenvalue weighted by Gasteiger charge is 2.15. The van der Waals surface area contributed by atoms with E-state index in [9.17, 15) is 15.0 Å². The highest BCUT2D eigenvalue weighted by atomic mass is 35.5. The van der Waals surface area contributed by atoms with Gasteiger partial charge in [-0.15, -0.1) is 0 Å². The molecule has 0 saturated heterocycles. The van der Waals surface area contributed by atoms with E-state index in [1.165, 1.54) is 10.7 Å². The molecule has 0 unspecified atom stereocenters. The minimum Gasteiger partial charge on any atom is -0.504 e. The minimum atomic E-state index is -0.514. The minimum absolute atomic E-state index is 0.105. The van der Waals surface area contributed by atoms with Crippen LogP contribution in [0.15, 0.2) is 10.9 Å². The lowest BCUT2D eigenvalue weighted by Gasteiger charge is -2.09. The molecule has 0 bridgehead atoms. The SMILES string of the molecule is CCn1n[c]c(=O)c2c(Cl)c(O)c(O)cc21. The third-order valence-electron chi connectivity index (χ3n) is 2.28. The summed E-state index contributed by atoms with van der Waals surface area (Å²) in [5.74, 6) is -0.888. The number of aromatic hydroxyl groups is 2. The Balaban J connectivity index is 3.05.